The van der Waals surface area contributed by atoms with Crippen LogP contribution in [0.4, 0.5) is 0 Å². The third kappa shape index (κ3) is 3.68. The molecule has 0 radical (unpaired) electrons. The third-order valence-corrected chi connectivity index (χ3v) is 4.01. The zero-order valence-corrected chi connectivity index (χ0v) is 14.9. The van der Waals surface area contributed by atoms with Crippen molar-refractivity contribution in [3.63, 3.8) is 0 Å². The number of furan rings is 1. The molecule has 1 atom stereocenters. The monoisotopic (exact) mass is 341 g/mol. The Bertz CT molecular complexity index is 879. The molecule has 1 unspecified atom stereocenters. The first kappa shape index (κ1) is 17.1. The zero-order chi connectivity index (χ0) is 18.0. The zero-order valence-electron chi connectivity index (χ0n) is 14.9. The van der Waals surface area contributed by atoms with E-state index in [0.717, 1.165) is 17.5 Å². The number of para-hydroxylation sites is 1. The molecule has 1 aromatic carbocycles. The predicted molar refractivity (Wildman–Crippen MR) is 95.8 cm³/mol. The summed E-state index contributed by atoms with van der Waals surface area (Å²) in [6.45, 7) is 6.13. The number of rotatable bonds is 6. The summed E-state index contributed by atoms with van der Waals surface area (Å²) in [7, 11) is 1.61. The summed E-state index contributed by atoms with van der Waals surface area (Å²) in [4.78, 5) is 12.4. The number of ether oxygens (including phenoxy) is 1. The first-order valence-electron chi connectivity index (χ1n) is 8.39. The quantitative estimate of drug-likeness (QED) is 0.713. The number of nitrogens with one attached hydrogen (secondary N) is 2. The lowest BCUT2D eigenvalue weighted by Gasteiger charge is -2.09. The van der Waals surface area contributed by atoms with Crippen molar-refractivity contribution < 1.29 is 13.9 Å². The number of methoxy groups -OCH3 is 1. The summed E-state index contributed by atoms with van der Waals surface area (Å²) in [5.41, 5.74) is 2.03. The lowest BCUT2D eigenvalue weighted by Crippen LogP contribution is -2.26. The Morgan fingerprint density at radius 2 is 2.12 bits per heavy atom. The molecule has 25 heavy (non-hydrogen) atoms. The Morgan fingerprint density at radius 3 is 2.84 bits per heavy atom. The van der Waals surface area contributed by atoms with Crippen molar-refractivity contribution in [2.75, 3.05) is 7.11 Å². The minimum atomic E-state index is -0.283. The number of benzene rings is 1. The molecule has 0 aliphatic heterocycles. The van der Waals surface area contributed by atoms with E-state index in [1.54, 1.807) is 13.2 Å². The fourth-order valence-corrected chi connectivity index (χ4v) is 2.79. The van der Waals surface area contributed by atoms with Crippen molar-refractivity contribution in [3.8, 4) is 5.75 Å². The SMILES string of the molecule is COc1cccc2cc(C(C)NC(=O)c3cc(CC(C)C)[nH]n3)oc12. The highest BCUT2D eigenvalue weighted by Crippen LogP contribution is 2.30. The van der Waals surface area contributed by atoms with Crippen LogP contribution < -0.4 is 10.1 Å². The highest BCUT2D eigenvalue weighted by Gasteiger charge is 2.18. The van der Waals surface area contributed by atoms with Crippen molar-refractivity contribution in [3.05, 3.63) is 47.5 Å². The number of hydrogen-bond acceptors (Lipinski definition) is 4. The van der Waals surface area contributed by atoms with E-state index in [1.165, 1.54) is 0 Å². The highest BCUT2D eigenvalue weighted by atomic mass is 16.5. The van der Waals surface area contributed by atoms with Gasteiger partial charge in [0.05, 0.1) is 13.2 Å². The molecule has 0 fully saturated rings. The van der Waals surface area contributed by atoms with Gasteiger partial charge in [-0.2, -0.15) is 5.10 Å². The minimum Gasteiger partial charge on any atom is -0.493 e. The molecular formula is C19H23N3O3. The van der Waals surface area contributed by atoms with Gasteiger partial charge in [0.25, 0.3) is 5.91 Å². The van der Waals surface area contributed by atoms with Crippen LogP contribution in [-0.2, 0) is 6.42 Å². The van der Waals surface area contributed by atoms with Crippen molar-refractivity contribution in [2.45, 2.75) is 33.2 Å². The van der Waals surface area contributed by atoms with Gasteiger partial charge in [-0.3, -0.25) is 9.89 Å². The lowest BCUT2D eigenvalue weighted by molar-refractivity contribution is 0.0930. The number of carbonyl (C=O) groups excluding carboxylic acids is 1. The van der Waals surface area contributed by atoms with Crippen LogP contribution >= 0.6 is 0 Å². The van der Waals surface area contributed by atoms with E-state index in [9.17, 15) is 4.79 Å². The number of carbonyl (C=O) groups is 1. The molecule has 3 aromatic rings. The van der Waals surface area contributed by atoms with Gasteiger partial charge in [0.2, 0.25) is 0 Å². The molecule has 2 N–H and O–H groups in total. The third-order valence-electron chi connectivity index (χ3n) is 4.01. The summed E-state index contributed by atoms with van der Waals surface area (Å²) in [6, 6.07) is 9.13. The van der Waals surface area contributed by atoms with Crippen LogP contribution in [0.15, 0.2) is 34.7 Å². The van der Waals surface area contributed by atoms with Gasteiger partial charge in [0.15, 0.2) is 11.3 Å². The normalized spacial score (nSPS) is 12.5. The van der Waals surface area contributed by atoms with Crippen LogP contribution in [0, 0.1) is 5.92 Å². The van der Waals surface area contributed by atoms with Crippen molar-refractivity contribution in [2.24, 2.45) is 5.92 Å². The smallest absolute Gasteiger partial charge is 0.272 e. The van der Waals surface area contributed by atoms with Crippen LogP contribution in [0.3, 0.4) is 0 Å². The van der Waals surface area contributed by atoms with Gasteiger partial charge in [-0.15, -0.1) is 0 Å². The number of aromatic nitrogens is 2. The summed E-state index contributed by atoms with van der Waals surface area (Å²) in [5, 5.41) is 10.9. The standard InChI is InChI=1S/C19H23N3O3/c1-11(2)8-14-10-15(22-21-14)19(23)20-12(3)17-9-13-6-5-7-16(24-4)18(13)25-17/h5-7,9-12H,8H2,1-4H3,(H,20,23)(H,21,22). The van der Waals surface area contributed by atoms with E-state index in [1.807, 2.05) is 31.2 Å². The van der Waals surface area contributed by atoms with Gasteiger partial charge in [-0.1, -0.05) is 26.0 Å². The second-order valence-corrected chi connectivity index (χ2v) is 6.60. The molecule has 6 heteroatoms. The molecule has 0 aliphatic rings. The fraction of sp³-hybridized carbons (Fsp3) is 0.368. The topological polar surface area (TPSA) is 80.1 Å². The van der Waals surface area contributed by atoms with Gasteiger partial charge in [-0.05, 0) is 37.5 Å². The molecule has 0 saturated carbocycles. The second kappa shape index (κ2) is 7.01. The van der Waals surface area contributed by atoms with Gasteiger partial charge < -0.3 is 14.5 Å². The second-order valence-electron chi connectivity index (χ2n) is 6.60. The molecule has 1 amide bonds. The first-order valence-corrected chi connectivity index (χ1v) is 8.39. The molecule has 3 rings (SSSR count). The van der Waals surface area contributed by atoms with Gasteiger partial charge >= 0.3 is 0 Å². The predicted octanol–water partition coefficient (Wildman–Crippen LogP) is 3.85. The molecule has 0 spiro atoms. The Kier molecular flexibility index (Phi) is 4.79. The van der Waals surface area contributed by atoms with Crippen molar-refractivity contribution in [1.82, 2.24) is 15.5 Å². The molecule has 132 valence electrons. The van der Waals surface area contributed by atoms with Gasteiger partial charge in [-0.25, -0.2) is 0 Å². The maximum atomic E-state index is 12.4. The number of fused-ring (bicyclic) bond motifs is 1. The molecule has 0 saturated heterocycles. The van der Waals surface area contributed by atoms with Crippen LogP contribution in [0.1, 0.15) is 48.8 Å². The number of nitrogens with zero attached hydrogens (tertiary/aromatic N) is 1. The fourth-order valence-electron chi connectivity index (χ4n) is 2.79. The number of aromatic amines is 1. The van der Waals surface area contributed by atoms with Crippen LogP contribution in [0.2, 0.25) is 0 Å². The van der Waals surface area contributed by atoms with E-state index in [2.05, 4.69) is 29.4 Å². The molecule has 0 aliphatic carbocycles. The van der Waals surface area contributed by atoms with E-state index in [4.69, 9.17) is 9.15 Å². The average Bonchev–Trinajstić information content (AvgIpc) is 3.20. The van der Waals surface area contributed by atoms with Gasteiger partial charge in [0, 0.05) is 11.1 Å². The summed E-state index contributed by atoms with van der Waals surface area (Å²) in [5.74, 6) is 1.62. The Balaban J connectivity index is 1.74. The molecule has 2 heterocycles. The van der Waals surface area contributed by atoms with Crippen molar-refractivity contribution >= 4 is 16.9 Å². The molecular weight excluding hydrogens is 318 g/mol. The Morgan fingerprint density at radius 1 is 1.32 bits per heavy atom. The number of H-pyrrole nitrogens is 1. The summed E-state index contributed by atoms with van der Waals surface area (Å²) >= 11 is 0. The molecule has 2 aromatic heterocycles. The van der Waals surface area contributed by atoms with Crippen LogP contribution in [0.25, 0.3) is 11.0 Å². The molecule has 6 nitrogen and oxygen atoms in total. The molecule has 0 bridgehead atoms. The highest BCUT2D eigenvalue weighted by molar-refractivity contribution is 5.92. The largest absolute Gasteiger partial charge is 0.493 e. The van der Waals surface area contributed by atoms with E-state index < -0.39 is 0 Å². The lowest BCUT2D eigenvalue weighted by atomic mass is 10.1. The van der Waals surface area contributed by atoms with E-state index in [-0.39, 0.29) is 11.9 Å². The van der Waals surface area contributed by atoms with Crippen LogP contribution in [0.5, 0.6) is 5.75 Å². The Hall–Kier alpha value is -2.76. The van der Waals surface area contributed by atoms with Crippen molar-refractivity contribution in [1.29, 1.82) is 0 Å². The number of amides is 1. The van der Waals surface area contributed by atoms with Crippen LogP contribution in [-0.4, -0.2) is 23.2 Å². The maximum Gasteiger partial charge on any atom is 0.272 e. The minimum absolute atomic E-state index is 0.230. The Labute approximate surface area is 146 Å². The summed E-state index contributed by atoms with van der Waals surface area (Å²) < 4.78 is 11.2. The van der Waals surface area contributed by atoms with E-state index in [0.29, 0.717) is 28.7 Å². The van der Waals surface area contributed by atoms with Gasteiger partial charge in [0.1, 0.15) is 11.5 Å². The average molecular weight is 341 g/mol. The number of hydrogen-bond donors (Lipinski definition) is 2. The first-order chi connectivity index (χ1) is 12.0. The maximum absolute atomic E-state index is 12.4. The van der Waals surface area contributed by atoms with E-state index >= 15 is 0 Å². The summed E-state index contributed by atoms with van der Waals surface area (Å²) in [6.07, 6.45) is 0.860.